The van der Waals surface area contributed by atoms with Crippen molar-refractivity contribution in [2.24, 2.45) is 29.1 Å². The molecule has 2 amide bonds. The van der Waals surface area contributed by atoms with Crippen LogP contribution < -0.4 is 5.32 Å². The average Bonchev–Trinajstić information content (AvgIpc) is 2.59. The Bertz CT molecular complexity index is 531. The summed E-state index contributed by atoms with van der Waals surface area (Å²) in [7, 11) is 0. The molecule has 1 aliphatic heterocycles. The summed E-state index contributed by atoms with van der Waals surface area (Å²) in [5, 5.41) is 2.96. The minimum absolute atomic E-state index is 0.133. The third-order valence-corrected chi connectivity index (χ3v) is 7.41. The number of amides is 2. The fourth-order valence-corrected chi connectivity index (χ4v) is 6.66. The molecule has 4 bridgehead atoms. The lowest BCUT2D eigenvalue weighted by Gasteiger charge is -2.57. The summed E-state index contributed by atoms with van der Waals surface area (Å²) in [5.41, 5.74) is 0.321. The summed E-state index contributed by atoms with van der Waals surface area (Å²) in [6.45, 7) is 6.04. The topological polar surface area (TPSA) is 58.6 Å². The molecule has 0 aromatic carbocycles. The highest BCUT2D eigenvalue weighted by Gasteiger charge is 2.51. The average molecular weight is 377 g/mol. The number of nitrogens with one attached hydrogen (secondary N) is 1. The van der Waals surface area contributed by atoms with Crippen molar-refractivity contribution in [2.75, 3.05) is 19.7 Å². The molecule has 0 atom stereocenters. The van der Waals surface area contributed by atoms with Crippen molar-refractivity contribution in [1.82, 2.24) is 10.2 Å². The number of carbonyl (C=O) groups excluding carboxylic acids is 2. The molecule has 4 saturated carbocycles. The zero-order valence-electron chi connectivity index (χ0n) is 17.0. The lowest BCUT2D eigenvalue weighted by molar-refractivity contribution is -0.140. The number of rotatable bonds is 5. The maximum absolute atomic E-state index is 13.0. The zero-order valence-corrected chi connectivity index (χ0v) is 17.0. The van der Waals surface area contributed by atoms with Gasteiger partial charge in [-0.1, -0.05) is 13.8 Å². The van der Waals surface area contributed by atoms with Gasteiger partial charge in [-0.05, 0) is 80.5 Å². The van der Waals surface area contributed by atoms with Gasteiger partial charge in [0.15, 0.2) is 0 Å². The largest absolute Gasteiger partial charge is 0.449 e. The van der Waals surface area contributed by atoms with Crippen LogP contribution in [0.15, 0.2) is 0 Å². The molecule has 0 aromatic heterocycles. The summed E-state index contributed by atoms with van der Waals surface area (Å²) >= 11 is 0. The number of carbonyl (C=O) groups is 2. The van der Waals surface area contributed by atoms with Gasteiger partial charge in [0.25, 0.3) is 0 Å². The molecule has 0 aromatic rings. The van der Waals surface area contributed by atoms with E-state index in [9.17, 15) is 9.59 Å². The van der Waals surface area contributed by atoms with E-state index in [0.717, 1.165) is 50.1 Å². The van der Waals surface area contributed by atoms with Gasteiger partial charge in [0.05, 0.1) is 6.61 Å². The van der Waals surface area contributed by atoms with E-state index >= 15 is 0 Å². The fourth-order valence-electron chi connectivity index (χ4n) is 6.66. The monoisotopic (exact) mass is 376 g/mol. The first-order valence-corrected chi connectivity index (χ1v) is 11.1. The highest BCUT2D eigenvalue weighted by atomic mass is 16.5. The molecule has 5 heteroatoms. The minimum Gasteiger partial charge on any atom is -0.449 e. The summed E-state index contributed by atoms with van der Waals surface area (Å²) in [5.74, 6) is 3.40. The molecular weight excluding hydrogens is 340 g/mol. The van der Waals surface area contributed by atoms with E-state index in [1.807, 2.05) is 13.8 Å². The standard InChI is InChI=1S/C22H36N2O3/c1-15(2)14-27-21(26)23-19-3-5-24(6-4-19)20(25)13-22-10-16-7-17(11-22)9-18(8-16)12-22/h15-19H,3-14H2,1-2H3,(H,23,26). The van der Waals surface area contributed by atoms with Crippen molar-refractivity contribution in [2.45, 2.75) is 77.7 Å². The highest BCUT2D eigenvalue weighted by molar-refractivity contribution is 5.77. The maximum Gasteiger partial charge on any atom is 0.407 e. The van der Waals surface area contributed by atoms with Crippen molar-refractivity contribution in [3.05, 3.63) is 0 Å². The number of nitrogens with zero attached hydrogens (tertiary/aromatic N) is 1. The van der Waals surface area contributed by atoms with E-state index in [1.54, 1.807) is 0 Å². The van der Waals surface area contributed by atoms with Crippen LogP contribution in [0.25, 0.3) is 0 Å². The van der Waals surface area contributed by atoms with Gasteiger partial charge in [0.2, 0.25) is 5.91 Å². The van der Waals surface area contributed by atoms with E-state index in [-0.39, 0.29) is 12.1 Å². The second-order valence-corrected chi connectivity index (χ2v) is 10.4. The molecule has 5 aliphatic rings. The van der Waals surface area contributed by atoms with Crippen molar-refractivity contribution in [3.63, 3.8) is 0 Å². The van der Waals surface area contributed by atoms with Gasteiger partial charge in [-0.3, -0.25) is 4.79 Å². The zero-order chi connectivity index (χ0) is 19.0. The lowest BCUT2D eigenvalue weighted by Crippen LogP contribution is -2.50. The highest BCUT2D eigenvalue weighted by Crippen LogP contribution is 2.61. The SMILES string of the molecule is CC(C)COC(=O)NC1CCN(C(=O)CC23CC4CC(CC(C4)C2)C3)CC1. The number of piperidine rings is 1. The van der Waals surface area contributed by atoms with Crippen LogP contribution in [0.3, 0.4) is 0 Å². The predicted octanol–water partition coefficient (Wildman–Crippen LogP) is 3.97. The molecule has 1 saturated heterocycles. The van der Waals surface area contributed by atoms with Crippen molar-refractivity contribution in [3.8, 4) is 0 Å². The summed E-state index contributed by atoms with van der Waals surface area (Å²) in [6.07, 6.45) is 10.3. The van der Waals surface area contributed by atoms with Crippen LogP contribution in [0, 0.1) is 29.1 Å². The number of hydrogen-bond donors (Lipinski definition) is 1. The molecule has 0 spiro atoms. The number of alkyl carbamates (subject to hydrolysis) is 1. The smallest absolute Gasteiger partial charge is 0.407 e. The molecule has 152 valence electrons. The molecule has 27 heavy (non-hydrogen) atoms. The van der Waals surface area contributed by atoms with Crippen molar-refractivity contribution in [1.29, 1.82) is 0 Å². The van der Waals surface area contributed by atoms with Gasteiger partial charge in [-0.25, -0.2) is 4.79 Å². The molecular formula is C22H36N2O3. The second-order valence-electron chi connectivity index (χ2n) is 10.4. The molecule has 0 unspecified atom stereocenters. The van der Waals surface area contributed by atoms with E-state index in [1.165, 1.54) is 38.5 Å². The lowest BCUT2D eigenvalue weighted by atomic mass is 9.49. The summed E-state index contributed by atoms with van der Waals surface area (Å²) in [4.78, 5) is 26.9. The van der Waals surface area contributed by atoms with Gasteiger partial charge in [-0.2, -0.15) is 0 Å². The molecule has 1 N–H and O–H groups in total. The predicted molar refractivity (Wildman–Crippen MR) is 104 cm³/mol. The van der Waals surface area contributed by atoms with E-state index in [0.29, 0.717) is 23.8 Å². The van der Waals surface area contributed by atoms with Gasteiger partial charge in [0, 0.05) is 25.6 Å². The second kappa shape index (κ2) is 7.63. The van der Waals surface area contributed by atoms with E-state index in [4.69, 9.17) is 4.74 Å². The summed E-state index contributed by atoms with van der Waals surface area (Å²) < 4.78 is 5.21. The Hall–Kier alpha value is -1.26. The third-order valence-electron chi connectivity index (χ3n) is 7.41. The van der Waals surface area contributed by atoms with Crippen LogP contribution in [0.1, 0.15) is 71.6 Å². The first-order valence-electron chi connectivity index (χ1n) is 11.1. The number of likely N-dealkylation sites (tertiary alicyclic amines) is 1. The Morgan fingerprint density at radius 2 is 1.59 bits per heavy atom. The van der Waals surface area contributed by atoms with E-state index < -0.39 is 0 Å². The minimum atomic E-state index is -0.318. The molecule has 5 rings (SSSR count). The quantitative estimate of drug-likeness (QED) is 0.790. The third kappa shape index (κ3) is 4.43. The van der Waals surface area contributed by atoms with Crippen molar-refractivity contribution < 1.29 is 14.3 Å². The van der Waals surface area contributed by atoms with E-state index in [2.05, 4.69) is 10.2 Å². The number of hydrogen-bond acceptors (Lipinski definition) is 3. The van der Waals surface area contributed by atoms with Gasteiger partial charge in [0.1, 0.15) is 0 Å². The Morgan fingerprint density at radius 3 is 2.11 bits per heavy atom. The van der Waals surface area contributed by atoms with Gasteiger partial charge >= 0.3 is 6.09 Å². The Labute approximate surface area is 163 Å². The van der Waals surface area contributed by atoms with Crippen LogP contribution in [0.5, 0.6) is 0 Å². The molecule has 4 aliphatic carbocycles. The van der Waals surface area contributed by atoms with Crippen LogP contribution in [-0.2, 0) is 9.53 Å². The Morgan fingerprint density at radius 1 is 1.04 bits per heavy atom. The molecule has 5 nitrogen and oxygen atoms in total. The van der Waals surface area contributed by atoms with Crippen LogP contribution in [0.4, 0.5) is 4.79 Å². The molecule has 1 heterocycles. The maximum atomic E-state index is 13.0. The van der Waals surface area contributed by atoms with Crippen molar-refractivity contribution >= 4 is 12.0 Å². The molecule has 0 radical (unpaired) electrons. The number of ether oxygens (including phenoxy) is 1. The molecule has 5 fully saturated rings. The van der Waals surface area contributed by atoms with Crippen LogP contribution in [0.2, 0.25) is 0 Å². The van der Waals surface area contributed by atoms with Gasteiger partial charge < -0.3 is 15.0 Å². The van der Waals surface area contributed by atoms with Gasteiger partial charge in [-0.15, -0.1) is 0 Å². The Balaban J connectivity index is 1.23. The van der Waals surface area contributed by atoms with Crippen LogP contribution >= 0.6 is 0 Å². The normalized spacial score (nSPS) is 35.5. The van der Waals surface area contributed by atoms with Crippen LogP contribution in [-0.4, -0.2) is 42.6 Å². The first kappa shape index (κ1) is 19.1. The fraction of sp³-hybridized carbons (Fsp3) is 0.909. The first-order chi connectivity index (χ1) is 12.9. The Kier molecular flexibility index (Phi) is 5.39. The summed E-state index contributed by atoms with van der Waals surface area (Å²) in [6, 6.07) is 0.133.